The number of halogens is 2. The van der Waals surface area contributed by atoms with Crippen LogP contribution in [0.2, 0.25) is 0 Å². The van der Waals surface area contributed by atoms with Crippen LogP contribution in [0.1, 0.15) is 10.4 Å². The molecule has 0 saturated carbocycles. The van der Waals surface area contributed by atoms with Crippen LogP contribution in [-0.2, 0) is 0 Å². The van der Waals surface area contributed by atoms with Crippen LogP contribution in [-0.4, -0.2) is 11.1 Å². The highest BCUT2D eigenvalue weighted by atomic mass is 127. The normalized spacial score (nSPS) is 10.0. The van der Waals surface area contributed by atoms with E-state index in [2.05, 4.69) is 0 Å². The van der Waals surface area contributed by atoms with E-state index < -0.39 is 5.97 Å². The number of nitrogens with two attached hydrogens (primary N) is 2. The Balaban J connectivity index is 3.50. The lowest BCUT2D eigenvalue weighted by Gasteiger charge is -2.07. The largest absolute Gasteiger partial charge is 0.478 e. The molecule has 0 amide bonds. The minimum absolute atomic E-state index is 0.149. The number of rotatable bonds is 1. The minimum atomic E-state index is -1.01. The first kappa shape index (κ1) is 10.8. The van der Waals surface area contributed by atoms with Crippen LogP contribution in [0.25, 0.3) is 0 Å². The summed E-state index contributed by atoms with van der Waals surface area (Å²) in [4.78, 5) is 10.7. The van der Waals surface area contributed by atoms with Crippen molar-refractivity contribution < 1.29 is 9.90 Å². The zero-order valence-corrected chi connectivity index (χ0v) is 10.7. The summed E-state index contributed by atoms with van der Waals surface area (Å²) in [6, 6.07) is 1.42. The van der Waals surface area contributed by atoms with Gasteiger partial charge in [0, 0.05) is 5.69 Å². The topological polar surface area (TPSA) is 89.3 Å². The van der Waals surface area contributed by atoms with Crippen molar-refractivity contribution in [3.63, 3.8) is 0 Å². The lowest BCUT2D eigenvalue weighted by Crippen LogP contribution is -2.07. The summed E-state index contributed by atoms with van der Waals surface area (Å²) in [6.07, 6.45) is 0. The van der Waals surface area contributed by atoms with Gasteiger partial charge in [0.15, 0.2) is 0 Å². The van der Waals surface area contributed by atoms with Crippen molar-refractivity contribution in [2.75, 3.05) is 11.5 Å². The number of benzene rings is 1. The lowest BCUT2D eigenvalue weighted by molar-refractivity contribution is 0.0696. The van der Waals surface area contributed by atoms with Gasteiger partial charge in [0.2, 0.25) is 0 Å². The Hall–Kier alpha value is -0.250. The van der Waals surface area contributed by atoms with E-state index in [1.807, 2.05) is 45.2 Å². The fourth-order valence-electron chi connectivity index (χ4n) is 0.835. The first-order chi connectivity index (χ1) is 5.95. The maximum absolute atomic E-state index is 10.7. The molecule has 0 aliphatic heterocycles. The average Bonchev–Trinajstić information content (AvgIpc) is 2.07. The first-order valence-electron chi connectivity index (χ1n) is 3.21. The molecule has 4 nitrogen and oxygen atoms in total. The molecule has 0 aliphatic rings. The Morgan fingerprint density at radius 1 is 1.31 bits per heavy atom. The summed E-state index contributed by atoms with van der Waals surface area (Å²) in [5, 5.41) is 8.79. The minimum Gasteiger partial charge on any atom is -0.478 e. The van der Waals surface area contributed by atoms with Crippen LogP contribution in [0.4, 0.5) is 11.4 Å². The van der Waals surface area contributed by atoms with Crippen molar-refractivity contribution in [2.45, 2.75) is 0 Å². The van der Waals surface area contributed by atoms with Crippen LogP contribution in [0.5, 0.6) is 0 Å². The number of carboxylic acids is 1. The first-order valence-corrected chi connectivity index (χ1v) is 5.37. The second-order valence-electron chi connectivity index (χ2n) is 2.36. The number of aromatic carboxylic acids is 1. The number of hydrogen-bond acceptors (Lipinski definition) is 3. The van der Waals surface area contributed by atoms with Crippen molar-refractivity contribution >= 4 is 62.5 Å². The van der Waals surface area contributed by atoms with Gasteiger partial charge in [-0.2, -0.15) is 0 Å². The fraction of sp³-hybridized carbons (Fsp3) is 0. The Kier molecular flexibility index (Phi) is 3.22. The highest BCUT2D eigenvalue weighted by Crippen LogP contribution is 2.29. The number of carbonyl (C=O) groups is 1. The molecule has 0 spiro atoms. The molecule has 0 atom stereocenters. The molecule has 0 bridgehead atoms. The van der Waals surface area contributed by atoms with Crippen molar-refractivity contribution in [3.8, 4) is 0 Å². The van der Waals surface area contributed by atoms with Crippen molar-refractivity contribution in [1.29, 1.82) is 0 Å². The summed E-state index contributed by atoms with van der Waals surface area (Å²) in [5.74, 6) is -1.01. The fourth-order valence-corrected chi connectivity index (χ4v) is 2.43. The van der Waals surface area contributed by atoms with Gasteiger partial charge >= 0.3 is 5.97 Å². The van der Waals surface area contributed by atoms with E-state index in [1.54, 1.807) is 0 Å². The van der Waals surface area contributed by atoms with E-state index in [4.69, 9.17) is 16.6 Å². The van der Waals surface area contributed by atoms with E-state index in [1.165, 1.54) is 6.07 Å². The van der Waals surface area contributed by atoms with Crippen LogP contribution >= 0.6 is 45.2 Å². The second-order valence-corrected chi connectivity index (χ2v) is 4.52. The number of anilines is 2. The maximum atomic E-state index is 10.7. The monoisotopic (exact) mass is 404 g/mol. The molecule has 6 heteroatoms. The average molecular weight is 404 g/mol. The number of nitrogen functional groups attached to an aromatic ring is 2. The van der Waals surface area contributed by atoms with Gasteiger partial charge in [-0.05, 0) is 51.2 Å². The van der Waals surface area contributed by atoms with Gasteiger partial charge in [0.05, 0.1) is 18.4 Å². The van der Waals surface area contributed by atoms with E-state index in [0.29, 0.717) is 18.5 Å². The molecular weight excluding hydrogens is 398 g/mol. The standard InChI is InChI=1S/C7H6I2N2O2/c8-4-2(7(12)13)1-3(10)5(9)6(4)11/h1H,10-11H2,(H,12,13). The number of hydrogen-bond donors (Lipinski definition) is 3. The molecule has 1 rings (SSSR count). The third-order valence-corrected chi connectivity index (χ3v) is 3.86. The summed E-state index contributed by atoms with van der Waals surface area (Å²) in [5.41, 5.74) is 12.2. The summed E-state index contributed by atoms with van der Waals surface area (Å²) < 4.78 is 1.23. The van der Waals surface area contributed by atoms with Crippen LogP contribution < -0.4 is 11.5 Å². The quantitative estimate of drug-likeness (QED) is 0.492. The number of carboxylic acid groups (broad SMARTS) is 1. The van der Waals surface area contributed by atoms with Gasteiger partial charge in [-0.15, -0.1) is 0 Å². The Morgan fingerprint density at radius 2 is 1.85 bits per heavy atom. The Morgan fingerprint density at radius 3 is 2.31 bits per heavy atom. The van der Waals surface area contributed by atoms with Gasteiger partial charge in [0.25, 0.3) is 0 Å². The van der Waals surface area contributed by atoms with Crippen LogP contribution in [0.15, 0.2) is 6.07 Å². The van der Waals surface area contributed by atoms with E-state index in [0.717, 1.165) is 0 Å². The molecule has 0 saturated heterocycles. The molecule has 13 heavy (non-hydrogen) atoms. The van der Waals surface area contributed by atoms with E-state index >= 15 is 0 Å². The molecule has 0 aliphatic carbocycles. The Labute approximate surface area is 102 Å². The lowest BCUT2D eigenvalue weighted by atomic mass is 10.2. The molecule has 0 aromatic heterocycles. The molecule has 1 aromatic rings. The van der Waals surface area contributed by atoms with Crippen molar-refractivity contribution in [2.24, 2.45) is 0 Å². The smallest absolute Gasteiger partial charge is 0.336 e. The van der Waals surface area contributed by atoms with Crippen molar-refractivity contribution in [1.82, 2.24) is 0 Å². The highest BCUT2D eigenvalue weighted by Gasteiger charge is 2.15. The van der Waals surface area contributed by atoms with Gasteiger partial charge in [-0.3, -0.25) is 0 Å². The van der Waals surface area contributed by atoms with Gasteiger partial charge in [-0.1, -0.05) is 0 Å². The van der Waals surface area contributed by atoms with Gasteiger partial charge in [-0.25, -0.2) is 4.79 Å². The summed E-state index contributed by atoms with van der Waals surface area (Å²) in [7, 11) is 0. The predicted molar refractivity (Wildman–Crippen MR) is 67.7 cm³/mol. The summed E-state index contributed by atoms with van der Waals surface area (Å²) >= 11 is 3.88. The Bertz CT molecular complexity index is 379. The van der Waals surface area contributed by atoms with Crippen LogP contribution in [0, 0.1) is 7.14 Å². The maximum Gasteiger partial charge on any atom is 0.336 e. The zero-order chi connectivity index (χ0) is 10.2. The molecule has 0 unspecified atom stereocenters. The molecular formula is C7H6I2N2O2. The van der Waals surface area contributed by atoms with E-state index in [9.17, 15) is 4.79 Å². The summed E-state index contributed by atoms with van der Waals surface area (Å²) in [6.45, 7) is 0. The van der Waals surface area contributed by atoms with Crippen molar-refractivity contribution in [3.05, 3.63) is 18.8 Å². The molecule has 70 valence electrons. The van der Waals surface area contributed by atoms with E-state index in [-0.39, 0.29) is 5.56 Å². The van der Waals surface area contributed by atoms with Gasteiger partial charge < -0.3 is 16.6 Å². The zero-order valence-electron chi connectivity index (χ0n) is 6.34. The predicted octanol–water partition coefficient (Wildman–Crippen LogP) is 1.76. The third-order valence-electron chi connectivity index (χ3n) is 1.49. The molecule has 0 radical (unpaired) electrons. The second kappa shape index (κ2) is 3.86. The van der Waals surface area contributed by atoms with Gasteiger partial charge in [0.1, 0.15) is 0 Å². The molecule has 0 fully saturated rings. The van der Waals surface area contributed by atoms with Crippen LogP contribution in [0.3, 0.4) is 0 Å². The SMILES string of the molecule is Nc1cc(C(=O)O)c(I)c(N)c1I. The molecule has 5 N–H and O–H groups in total. The molecule has 0 heterocycles. The third kappa shape index (κ3) is 1.98. The highest BCUT2D eigenvalue weighted by molar-refractivity contribution is 14.1. The molecule has 1 aromatic carbocycles.